The minimum Gasteiger partial charge on any atom is -0.283 e. The number of para-hydroxylation sites is 2. The predicted octanol–water partition coefficient (Wildman–Crippen LogP) is 5.92. The van der Waals surface area contributed by atoms with E-state index in [-0.39, 0.29) is 20.5 Å². The minimum atomic E-state index is -3.69. The molecule has 0 aliphatic carbocycles. The molecule has 10 nitrogen and oxygen atoms in total. The Labute approximate surface area is 287 Å². The highest BCUT2D eigenvalue weighted by Gasteiger charge is 2.38. The number of rotatable bonds is 7. The number of aromatic nitrogens is 4. The van der Waals surface area contributed by atoms with Crippen LogP contribution < -0.4 is 10.5 Å². The highest BCUT2D eigenvalue weighted by Crippen LogP contribution is 2.38. The maximum atomic E-state index is 14.0. The zero-order chi connectivity index (χ0) is 33.6. The maximum absolute atomic E-state index is 14.0. The number of thiocarbonyl (C=S) groups is 1. The van der Waals surface area contributed by atoms with Crippen molar-refractivity contribution in [1.82, 2.24) is 23.4 Å². The van der Waals surface area contributed by atoms with E-state index >= 15 is 0 Å². The molecule has 4 heterocycles. The van der Waals surface area contributed by atoms with Crippen molar-refractivity contribution in [2.45, 2.75) is 31.1 Å². The van der Waals surface area contributed by atoms with Crippen molar-refractivity contribution >= 4 is 56.0 Å². The van der Waals surface area contributed by atoms with Crippen LogP contribution in [0.4, 0.5) is 5.69 Å². The van der Waals surface area contributed by atoms with Crippen LogP contribution in [0.15, 0.2) is 106 Å². The molecule has 0 atom stereocenters. The largest absolute Gasteiger partial charge is 0.296 e. The monoisotopic (exact) mass is 696 g/mol. The molecule has 244 valence electrons. The van der Waals surface area contributed by atoms with Gasteiger partial charge in [0.25, 0.3) is 11.5 Å². The summed E-state index contributed by atoms with van der Waals surface area (Å²) in [7, 11) is -1.92. The number of hydrogen-bond donors (Lipinski definition) is 0. The normalized spacial score (nSPS) is 16.7. The zero-order valence-corrected chi connectivity index (χ0v) is 28.8. The van der Waals surface area contributed by atoms with Gasteiger partial charge in [0.15, 0.2) is 4.32 Å². The molecule has 0 unspecified atom stereocenters. The van der Waals surface area contributed by atoms with Crippen LogP contribution in [0.1, 0.15) is 30.5 Å². The molecule has 0 radical (unpaired) electrons. The number of carbonyl (C=O) groups is 1. The molecule has 2 aliphatic heterocycles. The van der Waals surface area contributed by atoms with E-state index in [0.717, 1.165) is 36.7 Å². The molecular formula is C35H32N6O4S3. The molecule has 2 fully saturated rings. The fourth-order valence-corrected chi connectivity index (χ4v) is 8.93. The van der Waals surface area contributed by atoms with Crippen LogP contribution >= 0.6 is 24.0 Å². The lowest BCUT2D eigenvalue weighted by Gasteiger charge is -2.26. The zero-order valence-electron chi connectivity index (χ0n) is 26.3. The van der Waals surface area contributed by atoms with Crippen LogP contribution in [-0.4, -0.2) is 55.2 Å². The van der Waals surface area contributed by atoms with Gasteiger partial charge in [-0.2, -0.15) is 9.40 Å². The number of amides is 1. The number of nitrogens with zero attached hydrogens (tertiary/aromatic N) is 6. The molecule has 5 aromatic rings. The lowest BCUT2D eigenvalue weighted by Crippen LogP contribution is -2.35. The molecule has 3 aromatic carbocycles. The number of sulfonamides is 1. The maximum Gasteiger partial charge on any atom is 0.296 e. The number of carbonyl (C=O) groups excluding carboxylic acids is 1. The SMILES string of the molecule is Cc1c(N2C(=O)C(=Cc3cn(-c4ccccc4)nc3-c3cccc(S(=O)(=O)N4CCCCC4)c3)SC2=S)c(=O)n(-c2ccccc2)n1C. The van der Waals surface area contributed by atoms with Crippen LogP contribution in [0.2, 0.25) is 0 Å². The van der Waals surface area contributed by atoms with Gasteiger partial charge in [-0.1, -0.05) is 78.9 Å². The van der Waals surface area contributed by atoms with Crippen molar-refractivity contribution < 1.29 is 13.2 Å². The summed E-state index contributed by atoms with van der Waals surface area (Å²) in [6, 6.07) is 25.5. The number of benzene rings is 3. The Kier molecular flexibility index (Phi) is 8.54. The van der Waals surface area contributed by atoms with Crippen LogP contribution in [0, 0.1) is 6.92 Å². The first kappa shape index (κ1) is 32.0. The van der Waals surface area contributed by atoms with Gasteiger partial charge in [0.1, 0.15) is 11.4 Å². The van der Waals surface area contributed by atoms with Crippen LogP contribution in [0.5, 0.6) is 0 Å². The molecular weight excluding hydrogens is 665 g/mol. The van der Waals surface area contributed by atoms with Crippen molar-refractivity contribution in [3.8, 4) is 22.6 Å². The summed E-state index contributed by atoms with van der Waals surface area (Å²) in [6.07, 6.45) is 6.21. The summed E-state index contributed by atoms with van der Waals surface area (Å²) < 4.78 is 33.9. The van der Waals surface area contributed by atoms with Crippen molar-refractivity contribution in [1.29, 1.82) is 0 Å². The van der Waals surface area contributed by atoms with E-state index in [0.29, 0.717) is 46.2 Å². The third kappa shape index (κ3) is 5.66. The third-order valence-corrected chi connectivity index (χ3v) is 11.8. The lowest BCUT2D eigenvalue weighted by atomic mass is 10.1. The summed E-state index contributed by atoms with van der Waals surface area (Å²) in [4.78, 5) is 29.6. The average molecular weight is 697 g/mol. The summed E-state index contributed by atoms with van der Waals surface area (Å²) in [5.74, 6) is -0.421. The Bertz CT molecular complexity index is 2250. The number of piperidine rings is 1. The van der Waals surface area contributed by atoms with Gasteiger partial charge in [0.2, 0.25) is 10.0 Å². The van der Waals surface area contributed by atoms with Gasteiger partial charge in [0.05, 0.1) is 26.9 Å². The van der Waals surface area contributed by atoms with Gasteiger partial charge < -0.3 is 0 Å². The molecule has 0 spiro atoms. The first-order chi connectivity index (χ1) is 23.1. The van der Waals surface area contributed by atoms with E-state index in [4.69, 9.17) is 17.3 Å². The summed E-state index contributed by atoms with van der Waals surface area (Å²) in [6.45, 7) is 2.78. The third-order valence-electron chi connectivity index (χ3n) is 8.65. The Morgan fingerprint density at radius 1 is 0.875 bits per heavy atom. The van der Waals surface area contributed by atoms with Gasteiger partial charge >= 0.3 is 0 Å². The van der Waals surface area contributed by atoms with Crippen molar-refractivity contribution in [2.24, 2.45) is 7.05 Å². The van der Waals surface area contributed by atoms with Gasteiger partial charge in [-0.15, -0.1) is 0 Å². The average Bonchev–Trinajstić information content (AvgIpc) is 3.72. The molecule has 0 saturated carbocycles. The minimum absolute atomic E-state index is 0.197. The topological polar surface area (TPSA) is 102 Å². The van der Waals surface area contributed by atoms with E-state index in [1.807, 2.05) is 66.7 Å². The highest BCUT2D eigenvalue weighted by molar-refractivity contribution is 8.27. The van der Waals surface area contributed by atoms with Gasteiger partial charge in [-0.05, 0) is 62.2 Å². The molecule has 1 amide bonds. The van der Waals surface area contributed by atoms with Crippen molar-refractivity contribution in [3.05, 3.63) is 118 Å². The van der Waals surface area contributed by atoms with E-state index in [1.165, 1.54) is 9.58 Å². The van der Waals surface area contributed by atoms with E-state index < -0.39 is 15.9 Å². The summed E-state index contributed by atoms with van der Waals surface area (Å²) in [5.41, 5.74) is 3.58. The molecule has 13 heteroatoms. The second-order valence-corrected chi connectivity index (χ2v) is 15.2. The number of hydrogen-bond acceptors (Lipinski definition) is 7. The van der Waals surface area contributed by atoms with E-state index in [9.17, 15) is 18.0 Å². The first-order valence-corrected chi connectivity index (χ1v) is 18.2. The molecule has 2 aliphatic rings. The van der Waals surface area contributed by atoms with E-state index in [1.54, 1.807) is 58.1 Å². The Balaban J connectivity index is 1.30. The molecule has 0 N–H and O–H groups in total. The molecule has 2 saturated heterocycles. The second kappa shape index (κ2) is 12.8. The quantitative estimate of drug-likeness (QED) is 0.154. The molecule has 7 rings (SSSR count). The lowest BCUT2D eigenvalue weighted by molar-refractivity contribution is -0.113. The molecule has 0 bridgehead atoms. The van der Waals surface area contributed by atoms with Crippen LogP contribution in [-0.2, 0) is 21.9 Å². The van der Waals surface area contributed by atoms with Crippen molar-refractivity contribution in [2.75, 3.05) is 18.0 Å². The fourth-order valence-electron chi connectivity index (χ4n) is 6.10. The molecule has 48 heavy (non-hydrogen) atoms. The van der Waals surface area contributed by atoms with Crippen LogP contribution in [0.25, 0.3) is 28.7 Å². The second-order valence-electron chi connectivity index (χ2n) is 11.6. The van der Waals surface area contributed by atoms with Gasteiger partial charge in [-0.25, -0.2) is 17.8 Å². The van der Waals surface area contributed by atoms with Gasteiger partial charge in [0, 0.05) is 37.5 Å². The Morgan fingerprint density at radius 3 is 2.23 bits per heavy atom. The van der Waals surface area contributed by atoms with E-state index in [2.05, 4.69) is 0 Å². The van der Waals surface area contributed by atoms with Crippen LogP contribution in [0.3, 0.4) is 0 Å². The van der Waals surface area contributed by atoms with Gasteiger partial charge in [-0.3, -0.25) is 19.2 Å². The standard InChI is InChI=1S/C35H32N6O4S3/c1-24-32(34(43)41(37(24)2)28-16-8-4-9-17-28)40-33(42)30(47-35(40)46)22-26-23-39(27-14-6-3-7-15-27)36-31(26)25-13-12-18-29(21-25)48(44,45)38-19-10-5-11-20-38/h3-4,6-9,12-18,21-23H,5,10-11,19-20H2,1-2H3. The Hall–Kier alpha value is -4.56. The summed E-state index contributed by atoms with van der Waals surface area (Å²) >= 11 is 6.79. The molecule has 2 aromatic heterocycles. The van der Waals surface area contributed by atoms with Crippen molar-refractivity contribution in [3.63, 3.8) is 0 Å². The highest BCUT2D eigenvalue weighted by atomic mass is 32.2. The first-order valence-electron chi connectivity index (χ1n) is 15.5. The number of anilines is 1. The predicted molar refractivity (Wildman–Crippen MR) is 193 cm³/mol. The number of thioether (sulfide) groups is 1. The fraction of sp³-hybridized carbons (Fsp3) is 0.200. The Morgan fingerprint density at radius 2 is 1.54 bits per heavy atom. The smallest absolute Gasteiger partial charge is 0.283 e. The summed E-state index contributed by atoms with van der Waals surface area (Å²) in [5, 5.41) is 4.87.